The van der Waals surface area contributed by atoms with Crippen molar-refractivity contribution >= 4 is 38.4 Å². The summed E-state index contributed by atoms with van der Waals surface area (Å²) in [5, 5.41) is 0.797. The minimum absolute atomic E-state index is 0.0655. The molecule has 0 spiro atoms. The normalized spacial score (nSPS) is 11.1. The fourth-order valence-electron chi connectivity index (χ4n) is 2.09. The number of hydrogen-bond donors (Lipinski definition) is 0. The molecule has 0 aliphatic heterocycles. The van der Waals surface area contributed by atoms with Crippen LogP contribution in [0.25, 0.3) is 22.3 Å². The third kappa shape index (κ3) is 2.40. The van der Waals surface area contributed by atoms with Crippen LogP contribution in [0.5, 0.6) is 0 Å². The third-order valence-electron chi connectivity index (χ3n) is 3.20. The van der Waals surface area contributed by atoms with Crippen molar-refractivity contribution in [1.82, 2.24) is 9.97 Å². The van der Waals surface area contributed by atoms with Gasteiger partial charge in [-0.05, 0) is 36.8 Å². The van der Waals surface area contributed by atoms with Gasteiger partial charge in [-0.25, -0.2) is 18.7 Å². The fourth-order valence-corrected chi connectivity index (χ4v) is 2.65. The molecule has 2 aromatic carbocycles. The van der Waals surface area contributed by atoms with Gasteiger partial charge < -0.3 is 0 Å². The van der Waals surface area contributed by atoms with E-state index in [9.17, 15) is 8.78 Å². The first kappa shape index (κ1) is 14.4. The quantitative estimate of drug-likeness (QED) is 0.544. The molecule has 0 saturated carbocycles. The van der Waals surface area contributed by atoms with Crippen LogP contribution in [0.3, 0.4) is 0 Å². The zero-order valence-electron chi connectivity index (χ0n) is 10.8. The maximum Gasteiger partial charge on any atom is 0.167 e. The molecule has 0 atom stereocenters. The summed E-state index contributed by atoms with van der Waals surface area (Å²) in [6.07, 6.45) is 0. The van der Waals surface area contributed by atoms with Gasteiger partial charge in [-0.2, -0.15) is 0 Å². The topological polar surface area (TPSA) is 25.8 Å². The van der Waals surface area contributed by atoms with Gasteiger partial charge in [0, 0.05) is 9.86 Å². The van der Waals surface area contributed by atoms with E-state index in [2.05, 4.69) is 25.9 Å². The van der Waals surface area contributed by atoms with E-state index in [4.69, 9.17) is 11.6 Å². The van der Waals surface area contributed by atoms with E-state index in [1.54, 1.807) is 6.07 Å². The molecule has 21 heavy (non-hydrogen) atoms. The van der Waals surface area contributed by atoms with Gasteiger partial charge in [0.05, 0.1) is 11.1 Å². The lowest BCUT2D eigenvalue weighted by atomic mass is 10.1. The van der Waals surface area contributed by atoms with Gasteiger partial charge in [-0.3, -0.25) is 0 Å². The lowest BCUT2D eigenvalue weighted by molar-refractivity contribution is 0.587. The number of nitrogens with zero attached hydrogens (tertiary/aromatic N) is 2. The molecule has 0 amide bonds. The van der Waals surface area contributed by atoms with Crippen LogP contribution >= 0.6 is 27.5 Å². The van der Waals surface area contributed by atoms with Gasteiger partial charge in [0.15, 0.2) is 5.82 Å². The highest BCUT2D eigenvalue weighted by molar-refractivity contribution is 9.10. The summed E-state index contributed by atoms with van der Waals surface area (Å²) in [6.45, 7) is 1.84. The molecule has 0 N–H and O–H groups in total. The SMILES string of the molecule is Cc1c(Br)ccc2c(Cl)nc(-c3c(F)cccc3F)nc12. The molecule has 2 nitrogen and oxygen atoms in total. The smallest absolute Gasteiger partial charge is 0.167 e. The Hall–Kier alpha value is -1.59. The maximum atomic E-state index is 13.9. The van der Waals surface area contributed by atoms with E-state index in [1.165, 1.54) is 6.07 Å². The Bertz CT molecular complexity index is 848. The second kappa shape index (κ2) is 5.31. The molecule has 0 aliphatic carbocycles. The molecule has 0 saturated heterocycles. The van der Waals surface area contributed by atoms with Crippen LogP contribution in [0, 0.1) is 18.6 Å². The summed E-state index contributed by atoms with van der Waals surface area (Å²) in [5.74, 6) is -1.51. The summed E-state index contributed by atoms with van der Waals surface area (Å²) < 4.78 is 28.6. The molecule has 0 bridgehead atoms. The molecule has 3 aromatic rings. The van der Waals surface area contributed by atoms with E-state index in [1.807, 2.05) is 13.0 Å². The molecule has 0 fully saturated rings. The maximum absolute atomic E-state index is 13.9. The number of benzene rings is 2. The average Bonchev–Trinajstić information content (AvgIpc) is 2.43. The minimum Gasteiger partial charge on any atom is -0.227 e. The number of rotatable bonds is 1. The lowest BCUT2D eigenvalue weighted by Gasteiger charge is -2.09. The van der Waals surface area contributed by atoms with E-state index >= 15 is 0 Å². The first-order valence-electron chi connectivity index (χ1n) is 6.06. The Morgan fingerprint density at radius 3 is 2.38 bits per heavy atom. The predicted octanol–water partition coefficient (Wildman–Crippen LogP) is 5.30. The predicted molar refractivity (Wildman–Crippen MR) is 82.3 cm³/mol. The molecule has 3 rings (SSSR count). The standard InChI is InChI=1S/C15H8BrClF2N2/c1-7-9(16)6-5-8-13(7)20-15(21-14(8)17)12-10(18)3-2-4-11(12)19/h2-6H,1H3. The molecular formula is C15H8BrClF2N2. The van der Waals surface area contributed by atoms with Gasteiger partial charge in [-0.15, -0.1) is 0 Å². The fraction of sp³-hybridized carbons (Fsp3) is 0.0667. The zero-order chi connectivity index (χ0) is 15.1. The van der Waals surface area contributed by atoms with E-state index < -0.39 is 11.6 Å². The van der Waals surface area contributed by atoms with Gasteiger partial charge in [-0.1, -0.05) is 33.6 Å². The van der Waals surface area contributed by atoms with Gasteiger partial charge >= 0.3 is 0 Å². The summed E-state index contributed by atoms with van der Waals surface area (Å²) in [6, 6.07) is 7.20. The van der Waals surface area contributed by atoms with Crippen molar-refractivity contribution in [3.05, 3.63) is 57.2 Å². The highest BCUT2D eigenvalue weighted by atomic mass is 79.9. The zero-order valence-corrected chi connectivity index (χ0v) is 13.1. The number of hydrogen-bond acceptors (Lipinski definition) is 2. The molecule has 106 valence electrons. The van der Waals surface area contributed by atoms with Crippen LogP contribution in [0.2, 0.25) is 5.15 Å². The Kier molecular flexibility index (Phi) is 3.63. The molecule has 6 heteroatoms. The van der Waals surface area contributed by atoms with Crippen molar-refractivity contribution in [3.63, 3.8) is 0 Å². The van der Waals surface area contributed by atoms with Crippen LogP contribution in [0.1, 0.15) is 5.56 Å². The first-order chi connectivity index (χ1) is 9.99. The number of fused-ring (bicyclic) bond motifs is 1. The Labute approximate surface area is 132 Å². The van der Waals surface area contributed by atoms with Crippen molar-refractivity contribution in [2.75, 3.05) is 0 Å². The Morgan fingerprint density at radius 2 is 1.71 bits per heavy atom. The first-order valence-corrected chi connectivity index (χ1v) is 7.23. The number of halogens is 4. The monoisotopic (exact) mass is 368 g/mol. The van der Waals surface area contributed by atoms with Crippen molar-refractivity contribution in [2.24, 2.45) is 0 Å². The second-order valence-electron chi connectivity index (χ2n) is 4.50. The van der Waals surface area contributed by atoms with Crippen molar-refractivity contribution in [3.8, 4) is 11.4 Å². The van der Waals surface area contributed by atoms with Crippen LogP contribution < -0.4 is 0 Å². The molecular weight excluding hydrogens is 362 g/mol. The van der Waals surface area contributed by atoms with E-state index in [0.29, 0.717) is 10.9 Å². The highest BCUT2D eigenvalue weighted by Gasteiger charge is 2.17. The Morgan fingerprint density at radius 1 is 1.05 bits per heavy atom. The summed E-state index contributed by atoms with van der Waals surface area (Å²) >= 11 is 9.53. The highest BCUT2D eigenvalue weighted by Crippen LogP contribution is 2.31. The van der Waals surface area contributed by atoms with E-state index in [-0.39, 0.29) is 16.5 Å². The van der Waals surface area contributed by atoms with Crippen LogP contribution in [0.4, 0.5) is 8.78 Å². The van der Waals surface area contributed by atoms with Gasteiger partial charge in [0.2, 0.25) is 0 Å². The molecule has 0 unspecified atom stereocenters. The van der Waals surface area contributed by atoms with E-state index in [0.717, 1.165) is 22.2 Å². The van der Waals surface area contributed by atoms with Crippen molar-refractivity contribution in [2.45, 2.75) is 6.92 Å². The van der Waals surface area contributed by atoms with Crippen LogP contribution in [-0.4, -0.2) is 9.97 Å². The summed E-state index contributed by atoms with van der Waals surface area (Å²) in [4.78, 5) is 8.31. The molecule has 1 heterocycles. The van der Waals surface area contributed by atoms with Gasteiger partial charge in [0.25, 0.3) is 0 Å². The minimum atomic E-state index is -0.724. The number of aryl methyl sites for hydroxylation is 1. The van der Waals surface area contributed by atoms with Crippen molar-refractivity contribution in [1.29, 1.82) is 0 Å². The van der Waals surface area contributed by atoms with Gasteiger partial charge in [0.1, 0.15) is 16.8 Å². The molecule has 0 aliphatic rings. The third-order valence-corrected chi connectivity index (χ3v) is 4.34. The number of aromatic nitrogens is 2. The van der Waals surface area contributed by atoms with Crippen molar-refractivity contribution < 1.29 is 8.78 Å². The lowest BCUT2D eigenvalue weighted by Crippen LogP contribution is -1.98. The average molecular weight is 370 g/mol. The molecule has 0 radical (unpaired) electrons. The summed E-state index contributed by atoms with van der Waals surface area (Å²) in [5.41, 5.74) is 1.11. The molecule has 1 aromatic heterocycles. The van der Waals surface area contributed by atoms with Crippen LogP contribution in [-0.2, 0) is 0 Å². The largest absolute Gasteiger partial charge is 0.227 e. The second-order valence-corrected chi connectivity index (χ2v) is 5.72. The Balaban J connectivity index is 2.38. The van der Waals surface area contributed by atoms with Crippen LogP contribution in [0.15, 0.2) is 34.8 Å². The summed E-state index contributed by atoms with van der Waals surface area (Å²) in [7, 11) is 0.